The Morgan fingerprint density at radius 3 is 2.47 bits per heavy atom. The number of carbonyl (C=O) groups excluding carboxylic acids is 1. The minimum absolute atomic E-state index is 0.209. The molecule has 4 rings (SSSR count). The summed E-state index contributed by atoms with van der Waals surface area (Å²) in [6.07, 6.45) is -3.23. The van der Waals surface area contributed by atoms with E-state index in [0.29, 0.717) is 28.2 Å². The average molecular weight is 421 g/mol. The Morgan fingerprint density at radius 2 is 1.87 bits per heavy atom. The number of amides is 1. The standard InChI is InChI=1S/C19H15F4N5O2/c1-10(20)18(29)28-7-12(8-28)16-25-14(15-17(26-16)27(2)9-24-15)11-3-5-13(6-4-11)30-19(21,22)23/h3-6,9,12H,1,7-8H2,2H3. The van der Waals surface area contributed by atoms with E-state index in [0.717, 1.165) is 0 Å². The van der Waals surface area contributed by atoms with Crippen molar-refractivity contribution in [2.24, 2.45) is 7.05 Å². The fourth-order valence-electron chi connectivity index (χ4n) is 3.20. The van der Waals surface area contributed by atoms with E-state index in [1.54, 1.807) is 17.9 Å². The topological polar surface area (TPSA) is 73.1 Å². The van der Waals surface area contributed by atoms with Crippen LogP contribution in [0.5, 0.6) is 5.75 Å². The smallest absolute Gasteiger partial charge is 0.406 e. The number of rotatable bonds is 4. The van der Waals surface area contributed by atoms with Crippen molar-refractivity contribution in [2.45, 2.75) is 12.3 Å². The van der Waals surface area contributed by atoms with Gasteiger partial charge in [-0.3, -0.25) is 4.79 Å². The van der Waals surface area contributed by atoms with Gasteiger partial charge in [0.2, 0.25) is 0 Å². The van der Waals surface area contributed by atoms with Crippen molar-refractivity contribution >= 4 is 17.1 Å². The number of nitrogens with zero attached hydrogens (tertiary/aromatic N) is 5. The Hall–Kier alpha value is -3.50. The van der Waals surface area contributed by atoms with Crippen molar-refractivity contribution in [2.75, 3.05) is 13.1 Å². The maximum absolute atomic E-state index is 13.0. The van der Waals surface area contributed by atoms with Crippen LogP contribution in [-0.4, -0.2) is 49.8 Å². The van der Waals surface area contributed by atoms with Crippen LogP contribution in [0.25, 0.3) is 22.4 Å². The third-order valence-corrected chi connectivity index (χ3v) is 4.70. The van der Waals surface area contributed by atoms with Gasteiger partial charge in [-0.2, -0.15) is 0 Å². The van der Waals surface area contributed by atoms with E-state index < -0.39 is 18.1 Å². The Labute approximate surface area is 167 Å². The third-order valence-electron chi connectivity index (χ3n) is 4.70. The number of aryl methyl sites for hydroxylation is 1. The number of alkyl halides is 3. The number of halogens is 4. The molecular formula is C19H15F4N5O2. The summed E-state index contributed by atoms with van der Waals surface area (Å²) < 4.78 is 55.8. The van der Waals surface area contributed by atoms with Crippen LogP contribution in [0.15, 0.2) is 43.0 Å². The van der Waals surface area contributed by atoms with Crippen LogP contribution in [0, 0.1) is 0 Å². The van der Waals surface area contributed by atoms with Crippen LogP contribution in [0.1, 0.15) is 11.7 Å². The molecule has 30 heavy (non-hydrogen) atoms. The maximum Gasteiger partial charge on any atom is 0.573 e. The molecule has 156 valence electrons. The molecule has 0 atom stereocenters. The molecule has 2 aromatic heterocycles. The van der Waals surface area contributed by atoms with E-state index in [9.17, 15) is 22.4 Å². The predicted molar refractivity (Wildman–Crippen MR) is 98.0 cm³/mol. The summed E-state index contributed by atoms with van der Waals surface area (Å²) in [6.45, 7) is 3.48. The highest BCUT2D eigenvalue weighted by Crippen LogP contribution is 2.32. The van der Waals surface area contributed by atoms with Gasteiger partial charge in [0, 0.05) is 25.7 Å². The van der Waals surface area contributed by atoms with Crippen molar-refractivity contribution in [3.05, 3.63) is 48.8 Å². The quantitative estimate of drug-likeness (QED) is 0.477. The van der Waals surface area contributed by atoms with Gasteiger partial charge in [-0.1, -0.05) is 6.58 Å². The first-order chi connectivity index (χ1) is 14.1. The number of hydrogen-bond acceptors (Lipinski definition) is 5. The fraction of sp³-hybridized carbons (Fsp3) is 0.263. The molecule has 0 saturated carbocycles. The lowest BCUT2D eigenvalue weighted by atomic mass is 9.98. The molecule has 1 aliphatic rings. The van der Waals surface area contributed by atoms with Crippen LogP contribution >= 0.6 is 0 Å². The molecule has 7 nitrogen and oxygen atoms in total. The summed E-state index contributed by atoms with van der Waals surface area (Å²) >= 11 is 0. The molecule has 1 saturated heterocycles. The molecule has 0 bridgehead atoms. The minimum Gasteiger partial charge on any atom is -0.406 e. The van der Waals surface area contributed by atoms with Gasteiger partial charge in [-0.15, -0.1) is 13.2 Å². The number of carbonyl (C=O) groups is 1. The normalized spacial score (nSPS) is 14.6. The fourth-order valence-corrected chi connectivity index (χ4v) is 3.20. The second kappa shape index (κ2) is 7.08. The summed E-state index contributed by atoms with van der Waals surface area (Å²) in [7, 11) is 1.75. The number of imidazole rings is 1. The molecule has 0 aliphatic carbocycles. The van der Waals surface area contributed by atoms with Crippen LogP contribution in [0.2, 0.25) is 0 Å². The van der Waals surface area contributed by atoms with Crippen molar-refractivity contribution in [3.8, 4) is 17.0 Å². The van der Waals surface area contributed by atoms with Crippen LogP contribution in [-0.2, 0) is 11.8 Å². The first-order valence-electron chi connectivity index (χ1n) is 8.81. The highest BCUT2D eigenvalue weighted by atomic mass is 19.4. The van der Waals surface area contributed by atoms with E-state index in [4.69, 9.17) is 0 Å². The Kier molecular flexibility index (Phi) is 4.67. The molecule has 0 unspecified atom stereocenters. The molecule has 1 amide bonds. The maximum atomic E-state index is 13.0. The van der Waals surface area contributed by atoms with E-state index in [2.05, 4.69) is 26.3 Å². The van der Waals surface area contributed by atoms with E-state index in [1.165, 1.54) is 29.2 Å². The van der Waals surface area contributed by atoms with Gasteiger partial charge < -0.3 is 14.2 Å². The van der Waals surface area contributed by atoms with E-state index in [-0.39, 0.29) is 24.8 Å². The zero-order valence-electron chi connectivity index (χ0n) is 15.6. The Morgan fingerprint density at radius 1 is 1.20 bits per heavy atom. The van der Waals surface area contributed by atoms with Crippen molar-refractivity contribution in [3.63, 3.8) is 0 Å². The molecule has 11 heteroatoms. The largest absolute Gasteiger partial charge is 0.573 e. The lowest BCUT2D eigenvalue weighted by molar-refractivity contribution is -0.274. The zero-order chi connectivity index (χ0) is 21.6. The second-order valence-electron chi connectivity index (χ2n) is 6.84. The van der Waals surface area contributed by atoms with Crippen LogP contribution in [0.4, 0.5) is 17.6 Å². The number of hydrogen-bond donors (Lipinski definition) is 0. The molecule has 0 N–H and O–H groups in total. The third kappa shape index (κ3) is 3.70. The second-order valence-corrected chi connectivity index (χ2v) is 6.84. The van der Waals surface area contributed by atoms with Gasteiger partial charge in [0.05, 0.1) is 12.2 Å². The average Bonchev–Trinajstić information content (AvgIpc) is 3.00. The van der Waals surface area contributed by atoms with Gasteiger partial charge in [0.15, 0.2) is 11.5 Å². The first-order valence-corrected chi connectivity index (χ1v) is 8.81. The van der Waals surface area contributed by atoms with Gasteiger partial charge in [-0.25, -0.2) is 19.3 Å². The lowest BCUT2D eigenvalue weighted by Gasteiger charge is -2.37. The van der Waals surface area contributed by atoms with Gasteiger partial charge in [0.25, 0.3) is 5.91 Å². The van der Waals surface area contributed by atoms with E-state index >= 15 is 0 Å². The minimum atomic E-state index is -4.78. The molecular weight excluding hydrogens is 406 g/mol. The van der Waals surface area contributed by atoms with Crippen LogP contribution in [0.3, 0.4) is 0 Å². The molecule has 1 aliphatic heterocycles. The number of ether oxygens (including phenoxy) is 1. The number of fused-ring (bicyclic) bond motifs is 1. The summed E-state index contributed by atoms with van der Waals surface area (Å²) in [4.78, 5) is 26.3. The molecule has 0 spiro atoms. The SMILES string of the molecule is C=C(F)C(=O)N1CC(c2nc(-c3ccc(OC(F)(F)F)cc3)c3ncn(C)c3n2)C1. The Balaban J connectivity index is 1.67. The van der Waals surface area contributed by atoms with Crippen molar-refractivity contribution in [1.82, 2.24) is 24.4 Å². The summed E-state index contributed by atoms with van der Waals surface area (Å²) in [5, 5.41) is 0. The van der Waals surface area contributed by atoms with Crippen molar-refractivity contribution in [1.29, 1.82) is 0 Å². The van der Waals surface area contributed by atoms with Gasteiger partial charge in [0.1, 0.15) is 22.8 Å². The summed E-state index contributed by atoms with van der Waals surface area (Å²) in [6, 6.07) is 5.28. The molecule has 1 aromatic carbocycles. The first kappa shape index (κ1) is 19.8. The number of benzene rings is 1. The predicted octanol–water partition coefficient (Wildman–Crippen LogP) is 3.34. The Bertz CT molecular complexity index is 1130. The molecule has 0 radical (unpaired) electrons. The summed E-state index contributed by atoms with van der Waals surface area (Å²) in [5.41, 5.74) is 1.98. The van der Waals surface area contributed by atoms with Gasteiger partial charge >= 0.3 is 6.36 Å². The monoisotopic (exact) mass is 421 g/mol. The molecule has 1 fully saturated rings. The van der Waals surface area contributed by atoms with Crippen molar-refractivity contribution < 1.29 is 27.1 Å². The van der Waals surface area contributed by atoms with Gasteiger partial charge in [-0.05, 0) is 24.3 Å². The highest BCUT2D eigenvalue weighted by Gasteiger charge is 2.35. The van der Waals surface area contributed by atoms with Crippen LogP contribution < -0.4 is 4.74 Å². The molecule has 3 heterocycles. The zero-order valence-corrected chi connectivity index (χ0v) is 15.6. The highest BCUT2D eigenvalue weighted by molar-refractivity contribution is 5.91. The number of likely N-dealkylation sites (tertiary alicyclic amines) is 1. The molecule has 3 aromatic rings. The lowest BCUT2D eigenvalue weighted by Crippen LogP contribution is -2.49. The summed E-state index contributed by atoms with van der Waals surface area (Å²) in [5.74, 6) is -1.92. The van der Waals surface area contributed by atoms with E-state index in [1.807, 2.05) is 0 Å². The number of aromatic nitrogens is 4.